The van der Waals surface area contributed by atoms with Crippen LogP contribution < -0.4 is 16.2 Å². The smallest absolute Gasteiger partial charge is 0.324 e. The molecule has 1 aliphatic carbocycles. The molecule has 0 saturated heterocycles. The van der Waals surface area contributed by atoms with Crippen LogP contribution in [-0.4, -0.2) is 67.8 Å². The number of guanidine groups is 1. The highest BCUT2D eigenvalue weighted by Crippen LogP contribution is 2.45. The zero-order chi connectivity index (χ0) is 42.3. The van der Waals surface area contributed by atoms with Gasteiger partial charge in [-0.05, 0) is 61.7 Å². The molecule has 19 heteroatoms. The summed E-state index contributed by atoms with van der Waals surface area (Å²) in [6.07, 6.45) is 3.12. The summed E-state index contributed by atoms with van der Waals surface area (Å²) in [6, 6.07) is 16.5. The Morgan fingerprint density at radius 1 is 0.897 bits per heavy atom. The first-order valence-corrected chi connectivity index (χ1v) is 20.1. The minimum absolute atomic E-state index is 0.0745. The molecule has 1 heterocycles. The maximum absolute atomic E-state index is 14.5. The predicted octanol–water partition coefficient (Wildman–Crippen LogP) is 6.07. The monoisotopic (exact) mass is 840 g/mol. The molecule has 58 heavy (non-hydrogen) atoms. The minimum Gasteiger partial charge on any atom is -0.425 e. The van der Waals surface area contributed by atoms with Gasteiger partial charge in [-0.25, -0.2) is 4.99 Å². The number of nitrogens with zero attached hydrogens (tertiary/aromatic N) is 4. The number of rotatable bonds is 9. The molecule has 0 aliphatic heterocycles. The number of ether oxygens (including phenoxy) is 1. The fraction of sp³-hybridized carbons (Fsp3) is 0.0769. The van der Waals surface area contributed by atoms with E-state index in [2.05, 4.69) is 51.5 Å². The van der Waals surface area contributed by atoms with Crippen LogP contribution in [0.15, 0.2) is 132 Å². The Bertz CT molecular complexity index is 3030. The Labute approximate surface area is 337 Å². The standard InChI is InChI=1S/C39H32N6O10S3/c1-6-10-20(2)55-39(41-4)44-38(40-3)43-27-18-26(29(57(49,50)51)19-30(27)58(52,53)54)42-25-15-16-28-33-31(23-13-7-8-14-24(23)36(47)32(25)33)34(37(48)45(28)5)35(46)21-11-9-12-22(56)17-21/h6-19,42,56H,2,4H2,1,3,5H3,(H,40,43)(H,49,50,51)(H,52,53,54)/b10-6-,44-39+. The van der Waals surface area contributed by atoms with Gasteiger partial charge < -0.3 is 19.9 Å². The van der Waals surface area contributed by atoms with Crippen molar-refractivity contribution in [1.82, 2.24) is 4.57 Å². The number of aliphatic imine (C=N–C) groups is 3. The van der Waals surface area contributed by atoms with Crippen LogP contribution in [0.4, 0.5) is 17.1 Å². The summed E-state index contributed by atoms with van der Waals surface area (Å²) in [4.78, 5) is 52.8. The zero-order valence-corrected chi connectivity index (χ0v) is 33.2. The lowest BCUT2D eigenvalue weighted by molar-refractivity contribution is 0.102. The Kier molecular flexibility index (Phi) is 11.2. The lowest BCUT2D eigenvalue weighted by Gasteiger charge is -2.26. The minimum atomic E-state index is -5.28. The summed E-state index contributed by atoms with van der Waals surface area (Å²) in [5.74, 6) is -1.49. The topological polar surface area (TPSA) is 235 Å². The first kappa shape index (κ1) is 41.1. The fourth-order valence-electron chi connectivity index (χ4n) is 6.38. The summed E-state index contributed by atoms with van der Waals surface area (Å²) in [6.45, 7) is 8.76. The third kappa shape index (κ3) is 7.76. The highest BCUT2D eigenvalue weighted by Gasteiger charge is 2.35. The number of ketones is 2. The van der Waals surface area contributed by atoms with Gasteiger partial charge in [0.05, 0.1) is 33.7 Å². The van der Waals surface area contributed by atoms with Gasteiger partial charge in [0.1, 0.15) is 15.6 Å². The van der Waals surface area contributed by atoms with Crippen LogP contribution >= 0.6 is 12.6 Å². The van der Waals surface area contributed by atoms with Crippen LogP contribution in [0.2, 0.25) is 0 Å². The van der Waals surface area contributed by atoms with Crippen LogP contribution in [0.5, 0.6) is 0 Å². The molecule has 6 rings (SSSR count). The number of pyridine rings is 1. The average Bonchev–Trinajstić information content (AvgIpc) is 3.16. The van der Waals surface area contributed by atoms with E-state index in [0.29, 0.717) is 16.5 Å². The highest BCUT2D eigenvalue weighted by molar-refractivity contribution is 7.86. The Morgan fingerprint density at radius 2 is 1.57 bits per heavy atom. The lowest BCUT2D eigenvalue weighted by atomic mass is 9.80. The molecule has 0 unspecified atom stereocenters. The molecular formula is C39H32N6O10S3. The number of carbonyl (C=O) groups excluding carboxylic acids is 2. The number of aromatic nitrogens is 1. The van der Waals surface area contributed by atoms with Crippen molar-refractivity contribution in [2.75, 3.05) is 17.7 Å². The van der Waals surface area contributed by atoms with E-state index in [0.717, 1.165) is 6.07 Å². The number of nitrogens with one attached hydrogen (secondary N) is 2. The first-order valence-electron chi connectivity index (χ1n) is 16.8. The van der Waals surface area contributed by atoms with E-state index in [1.807, 2.05) is 0 Å². The SMILES string of the molecule is C=N/C(=N\C(=NC)Nc1cc(Nc2ccc3c4c2C(=O)c2ccccc2-c4c(C(=O)c2cccc(S)c2)c(=O)n3C)c(S(=O)(=O)O)cc1S(=O)(=O)O)OC(=C)/C=C\C. The van der Waals surface area contributed by atoms with Crippen molar-refractivity contribution < 1.29 is 40.3 Å². The second kappa shape index (κ2) is 15.8. The fourth-order valence-corrected chi connectivity index (χ4v) is 7.99. The third-order valence-corrected chi connectivity index (χ3v) is 10.9. The largest absolute Gasteiger partial charge is 0.425 e. The van der Waals surface area contributed by atoms with Crippen molar-refractivity contribution in [2.45, 2.75) is 21.6 Å². The molecule has 0 spiro atoms. The molecule has 0 saturated carbocycles. The van der Waals surface area contributed by atoms with E-state index < -0.39 is 58.5 Å². The van der Waals surface area contributed by atoms with Gasteiger partial charge in [0.25, 0.3) is 25.8 Å². The Morgan fingerprint density at radius 3 is 2.19 bits per heavy atom. The number of allylic oxidation sites excluding steroid dienone is 2. The van der Waals surface area contributed by atoms with Gasteiger partial charge in [-0.2, -0.15) is 21.8 Å². The van der Waals surface area contributed by atoms with E-state index in [-0.39, 0.29) is 62.1 Å². The molecular weight excluding hydrogens is 809 g/mol. The number of anilines is 3. The molecule has 16 nitrogen and oxygen atoms in total. The summed E-state index contributed by atoms with van der Waals surface area (Å²) in [5, 5.41) is 5.57. The zero-order valence-electron chi connectivity index (χ0n) is 30.7. The molecule has 296 valence electrons. The second-order valence-electron chi connectivity index (χ2n) is 12.5. The summed E-state index contributed by atoms with van der Waals surface area (Å²) >= 11 is 4.35. The Hall–Kier alpha value is -6.51. The van der Waals surface area contributed by atoms with E-state index in [4.69, 9.17) is 4.74 Å². The Balaban J connectivity index is 1.61. The molecule has 0 fully saturated rings. The molecule has 0 bridgehead atoms. The predicted molar refractivity (Wildman–Crippen MR) is 224 cm³/mol. The molecule has 0 radical (unpaired) electrons. The van der Waals surface area contributed by atoms with E-state index in [1.165, 1.54) is 55.1 Å². The highest BCUT2D eigenvalue weighted by atomic mass is 32.2. The normalized spacial score (nSPS) is 13.0. The molecule has 0 atom stereocenters. The van der Waals surface area contributed by atoms with Crippen molar-refractivity contribution >= 4 is 91.1 Å². The van der Waals surface area contributed by atoms with Crippen molar-refractivity contribution in [3.8, 4) is 11.1 Å². The van der Waals surface area contributed by atoms with Crippen LogP contribution in [0, 0.1) is 0 Å². The number of hydrogen-bond acceptors (Lipinski definition) is 11. The van der Waals surface area contributed by atoms with Gasteiger partial charge in [0.15, 0.2) is 11.6 Å². The van der Waals surface area contributed by atoms with E-state index in [9.17, 15) is 40.3 Å². The average molecular weight is 841 g/mol. The quantitative estimate of drug-likeness (QED) is 0.0212. The number of benzene rings is 4. The van der Waals surface area contributed by atoms with Gasteiger partial charge in [-0.3, -0.25) is 28.5 Å². The summed E-state index contributed by atoms with van der Waals surface area (Å²) < 4.78 is 78.2. The van der Waals surface area contributed by atoms with Crippen molar-refractivity contribution in [1.29, 1.82) is 0 Å². The van der Waals surface area contributed by atoms with Crippen LogP contribution in [-0.2, 0) is 32.0 Å². The molecule has 4 aromatic carbocycles. The van der Waals surface area contributed by atoms with E-state index in [1.54, 1.807) is 43.3 Å². The molecule has 1 aromatic heterocycles. The molecule has 1 aliphatic rings. The molecule has 0 amide bonds. The number of amidine groups is 1. The molecule has 5 aromatic rings. The number of hydrogen-bond donors (Lipinski definition) is 5. The number of carbonyl (C=O) groups is 2. The van der Waals surface area contributed by atoms with Gasteiger partial charge >= 0.3 is 6.02 Å². The lowest BCUT2D eigenvalue weighted by Crippen LogP contribution is -2.29. The number of aryl methyl sites for hydroxylation is 1. The van der Waals surface area contributed by atoms with Crippen molar-refractivity contribution in [3.63, 3.8) is 0 Å². The maximum Gasteiger partial charge on any atom is 0.324 e. The van der Waals surface area contributed by atoms with Gasteiger partial charge in [-0.15, -0.1) is 12.6 Å². The van der Waals surface area contributed by atoms with Gasteiger partial charge in [0.2, 0.25) is 5.96 Å². The van der Waals surface area contributed by atoms with Crippen LogP contribution in [0.25, 0.3) is 22.0 Å². The summed E-state index contributed by atoms with van der Waals surface area (Å²) in [7, 11) is -7.82. The third-order valence-electron chi connectivity index (χ3n) is 8.84. The maximum atomic E-state index is 14.5. The van der Waals surface area contributed by atoms with Crippen LogP contribution in [0.3, 0.4) is 0 Å². The van der Waals surface area contributed by atoms with Gasteiger partial charge in [0, 0.05) is 41.1 Å². The number of fused-ring (bicyclic) bond motifs is 2. The number of thiol groups is 1. The second-order valence-corrected chi connectivity index (χ2v) is 15.8. The summed E-state index contributed by atoms with van der Waals surface area (Å²) in [5.41, 5.74) is -1.10. The van der Waals surface area contributed by atoms with E-state index >= 15 is 0 Å². The van der Waals surface area contributed by atoms with Gasteiger partial charge in [-0.1, -0.05) is 49.1 Å². The molecule has 4 N–H and O–H groups in total. The van der Waals surface area contributed by atoms with Crippen LogP contribution in [0.1, 0.15) is 38.8 Å². The van der Waals surface area contributed by atoms with Crippen molar-refractivity contribution in [2.24, 2.45) is 22.0 Å². The first-order chi connectivity index (χ1) is 27.4. The van der Waals surface area contributed by atoms with Crippen molar-refractivity contribution in [3.05, 3.63) is 130 Å².